The van der Waals surface area contributed by atoms with Crippen molar-refractivity contribution in [1.29, 1.82) is 0 Å². The molecule has 3 atom stereocenters. The SMILES string of the molecule is CC/C=C\C/C=C\C/C=C\C/C=C\C/C=C\C/C=C\C/C=C\CCCCCCCC(=O)NC(COP(=O)([O-])OCC[N+](C)(C)C)C(O)/C=C/CCCCCCCCCCCCCCCCCCCC. The lowest BCUT2D eigenvalue weighted by Gasteiger charge is -2.29. The summed E-state index contributed by atoms with van der Waals surface area (Å²) in [4.78, 5) is 25.5. The van der Waals surface area contributed by atoms with Gasteiger partial charge in [0, 0.05) is 6.42 Å². The van der Waals surface area contributed by atoms with Crippen molar-refractivity contribution in [2.24, 2.45) is 0 Å². The maximum Gasteiger partial charge on any atom is 0.268 e. The number of nitrogens with zero attached hydrogens (tertiary/aromatic N) is 1. The summed E-state index contributed by atoms with van der Waals surface area (Å²) < 4.78 is 23.3. The Morgan fingerprint density at radius 1 is 0.522 bits per heavy atom. The first-order chi connectivity index (χ1) is 33.5. The standard InChI is InChI=1S/C60H107N2O6P/c1-6-8-10-12-14-16-18-20-22-24-26-28-29-30-31-32-33-34-36-38-40-42-44-46-48-50-52-54-60(64)61-58(57-68-69(65,66)67-56-55-62(3,4)5)59(63)53-51-49-47-45-43-41-39-37-35-27-25-23-21-19-17-15-13-11-9-7-2/h8,10,14,16,20,22,26,28,30-31,33-34,38,40,51,53,58-59,63H,6-7,9,11-13,15,17-19,21,23-25,27,29,32,35-37,39,41-50,52,54-57H2,1-5H3,(H-,61,64,65,66)/b10-8-,16-14-,22-20-,28-26-,31-30-,34-33-,40-38-,53-51+. The van der Waals surface area contributed by atoms with Crippen LogP contribution in [0.1, 0.15) is 226 Å². The summed E-state index contributed by atoms with van der Waals surface area (Å²) in [5, 5.41) is 13.9. The highest BCUT2D eigenvalue weighted by atomic mass is 31.2. The van der Waals surface area contributed by atoms with E-state index in [1.165, 1.54) is 103 Å². The van der Waals surface area contributed by atoms with Gasteiger partial charge >= 0.3 is 0 Å². The number of phosphoric ester groups is 1. The lowest BCUT2D eigenvalue weighted by molar-refractivity contribution is -0.870. The van der Waals surface area contributed by atoms with Gasteiger partial charge < -0.3 is 28.8 Å². The van der Waals surface area contributed by atoms with Gasteiger partial charge in [0.1, 0.15) is 13.2 Å². The first kappa shape index (κ1) is 66.4. The van der Waals surface area contributed by atoms with E-state index in [-0.39, 0.29) is 12.5 Å². The molecule has 9 heteroatoms. The molecule has 0 spiro atoms. The van der Waals surface area contributed by atoms with Crippen molar-refractivity contribution in [1.82, 2.24) is 5.32 Å². The lowest BCUT2D eigenvalue weighted by atomic mass is 10.0. The summed E-state index contributed by atoms with van der Waals surface area (Å²) in [5.74, 6) is -0.219. The number of carbonyl (C=O) groups is 1. The molecule has 8 nitrogen and oxygen atoms in total. The number of likely N-dealkylation sites (N-methyl/N-ethyl adjacent to an activating group) is 1. The number of hydrogen-bond acceptors (Lipinski definition) is 6. The third-order valence-corrected chi connectivity index (χ3v) is 13.0. The van der Waals surface area contributed by atoms with Gasteiger partial charge in [-0.3, -0.25) is 9.36 Å². The maximum absolute atomic E-state index is 13.0. The monoisotopic (exact) mass is 983 g/mol. The van der Waals surface area contributed by atoms with Gasteiger partial charge in [-0.15, -0.1) is 0 Å². The molecule has 0 bridgehead atoms. The summed E-state index contributed by atoms with van der Waals surface area (Å²) in [5.41, 5.74) is 0. The van der Waals surface area contributed by atoms with Crippen LogP contribution in [0.15, 0.2) is 97.2 Å². The number of nitrogens with one attached hydrogen (secondary N) is 1. The minimum absolute atomic E-state index is 0.0101. The van der Waals surface area contributed by atoms with Crippen LogP contribution in [0.2, 0.25) is 0 Å². The predicted molar refractivity (Wildman–Crippen MR) is 297 cm³/mol. The molecule has 3 unspecified atom stereocenters. The second-order valence-electron chi connectivity index (χ2n) is 19.9. The number of rotatable bonds is 50. The van der Waals surface area contributed by atoms with E-state index in [4.69, 9.17) is 9.05 Å². The normalized spacial score (nSPS) is 14.7. The Hall–Kier alpha value is -2.58. The maximum atomic E-state index is 13.0. The Morgan fingerprint density at radius 2 is 0.884 bits per heavy atom. The number of allylic oxidation sites excluding steroid dienone is 15. The second-order valence-corrected chi connectivity index (χ2v) is 21.3. The highest BCUT2D eigenvalue weighted by molar-refractivity contribution is 7.45. The number of aliphatic hydroxyl groups excluding tert-OH is 1. The quantitative estimate of drug-likeness (QED) is 0.0272. The van der Waals surface area contributed by atoms with Gasteiger partial charge in [-0.25, -0.2) is 0 Å². The molecule has 1 amide bonds. The average Bonchev–Trinajstić information content (AvgIpc) is 3.31. The van der Waals surface area contributed by atoms with Crippen molar-refractivity contribution in [3.05, 3.63) is 97.2 Å². The number of hydrogen-bond donors (Lipinski definition) is 2. The zero-order chi connectivity index (χ0) is 50.6. The van der Waals surface area contributed by atoms with E-state index in [0.29, 0.717) is 17.4 Å². The number of quaternary nitrogens is 1. The zero-order valence-electron chi connectivity index (χ0n) is 45.2. The average molecular weight is 983 g/mol. The van der Waals surface area contributed by atoms with Gasteiger partial charge in [0.2, 0.25) is 5.91 Å². The summed E-state index contributed by atoms with van der Waals surface area (Å²) in [6, 6.07) is -0.905. The Bertz CT molecular complexity index is 1440. The fourth-order valence-electron chi connectivity index (χ4n) is 7.66. The van der Waals surface area contributed by atoms with E-state index >= 15 is 0 Å². The van der Waals surface area contributed by atoms with Gasteiger partial charge in [0.05, 0.1) is 39.9 Å². The molecule has 2 N–H and O–H groups in total. The van der Waals surface area contributed by atoms with Crippen LogP contribution in [0.3, 0.4) is 0 Å². The fraction of sp³-hybridized carbons (Fsp3) is 0.717. The topological polar surface area (TPSA) is 108 Å². The van der Waals surface area contributed by atoms with Crippen LogP contribution < -0.4 is 10.2 Å². The molecule has 0 rings (SSSR count). The zero-order valence-corrected chi connectivity index (χ0v) is 46.1. The summed E-state index contributed by atoms with van der Waals surface area (Å²) in [6.07, 6.45) is 71.8. The molecular weight excluding hydrogens is 876 g/mol. The van der Waals surface area contributed by atoms with Gasteiger partial charge in [-0.05, 0) is 77.0 Å². The van der Waals surface area contributed by atoms with Crippen LogP contribution in [0, 0.1) is 0 Å². The first-order valence-electron chi connectivity index (χ1n) is 28.1. The van der Waals surface area contributed by atoms with Crippen LogP contribution >= 0.6 is 7.82 Å². The van der Waals surface area contributed by atoms with E-state index in [0.717, 1.165) is 103 Å². The van der Waals surface area contributed by atoms with Crippen molar-refractivity contribution < 1.29 is 32.9 Å². The van der Waals surface area contributed by atoms with Crippen LogP contribution in [-0.4, -0.2) is 68.5 Å². The number of carbonyl (C=O) groups excluding carboxylic acids is 1. The van der Waals surface area contributed by atoms with Crippen LogP contribution in [0.5, 0.6) is 0 Å². The lowest BCUT2D eigenvalue weighted by Crippen LogP contribution is -2.45. The summed E-state index contributed by atoms with van der Waals surface area (Å²) >= 11 is 0. The minimum Gasteiger partial charge on any atom is -0.756 e. The van der Waals surface area contributed by atoms with Gasteiger partial charge in [-0.1, -0.05) is 239 Å². The van der Waals surface area contributed by atoms with E-state index in [2.05, 4.69) is 104 Å². The molecule has 0 aliphatic carbocycles. The first-order valence-corrected chi connectivity index (χ1v) is 29.6. The Morgan fingerprint density at radius 3 is 1.29 bits per heavy atom. The predicted octanol–water partition coefficient (Wildman–Crippen LogP) is 16.4. The smallest absolute Gasteiger partial charge is 0.268 e. The van der Waals surface area contributed by atoms with E-state index in [9.17, 15) is 19.4 Å². The largest absolute Gasteiger partial charge is 0.756 e. The Balaban J connectivity index is 4.33. The minimum atomic E-state index is -4.61. The van der Waals surface area contributed by atoms with Crippen LogP contribution in [-0.2, 0) is 18.4 Å². The molecule has 0 fully saturated rings. The van der Waals surface area contributed by atoms with Crippen molar-refractivity contribution in [3.63, 3.8) is 0 Å². The van der Waals surface area contributed by atoms with Gasteiger partial charge in [0.25, 0.3) is 7.82 Å². The van der Waals surface area contributed by atoms with Gasteiger partial charge in [-0.2, -0.15) is 0 Å². The highest BCUT2D eigenvalue weighted by Gasteiger charge is 2.23. The van der Waals surface area contributed by atoms with Crippen molar-refractivity contribution in [3.8, 4) is 0 Å². The molecule has 0 aromatic heterocycles. The van der Waals surface area contributed by atoms with Gasteiger partial charge in [0.15, 0.2) is 0 Å². The number of aliphatic hydroxyl groups is 1. The molecule has 0 aliphatic heterocycles. The molecule has 0 heterocycles. The van der Waals surface area contributed by atoms with Crippen molar-refractivity contribution >= 4 is 13.7 Å². The van der Waals surface area contributed by atoms with Crippen LogP contribution in [0.4, 0.5) is 0 Å². The number of phosphoric acid groups is 1. The van der Waals surface area contributed by atoms with Crippen LogP contribution in [0.25, 0.3) is 0 Å². The molecule has 0 aromatic rings. The summed E-state index contributed by atoms with van der Waals surface area (Å²) in [7, 11) is 1.23. The fourth-order valence-corrected chi connectivity index (χ4v) is 8.39. The third-order valence-electron chi connectivity index (χ3n) is 12.0. The van der Waals surface area contributed by atoms with Crippen molar-refractivity contribution in [2.45, 2.75) is 238 Å². The molecule has 0 aromatic carbocycles. The molecular formula is C60H107N2O6P. The summed E-state index contributed by atoms with van der Waals surface area (Å²) in [6.45, 7) is 4.52. The highest BCUT2D eigenvalue weighted by Crippen LogP contribution is 2.38. The molecule has 0 saturated carbocycles. The molecule has 0 radical (unpaired) electrons. The molecule has 0 aliphatic rings. The number of unbranched alkanes of at least 4 members (excludes halogenated alkanes) is 23. The molecule has 398 valence electrons. The Labute approximate surface area is 426 Å². The molecule has 69 heavy (non-hydrogen) atoms. The van der Waals surface area contributed by atoms with E-state index in [1.54, 1.807) is 6.08 Å². The number of amides is 1. The Kier molecular flexibility index (Phi) is 48.5. The van der Waals surface area contributed by atoms with E-state index < -0.39 is 26.6 Å². The van der Waals surface area contributed by atoms with E-state index in [1.807, 2.05) is 27.2 Å². The van der Waals surface area contributed by atoms with Crippen molar-refractivity contribution in [2.75, 3.05) is 40.9 Å². The third kappa shape index (κ3) is 53.1. The second kappa shape index (κ2) is 50.4. The molecule has 0 saturated heterocycles.